The number of nitrogens with one attached hydrogen (secondary N) is 1. The number of aliphatic hydroxyl groups excluding tert-OH is 1. The maximum Gasteiger partial charge on any atom is 0.124 e. The Morgan fingerprint density at radius 1 is 1.46 bits per heavy atom. The predicted octanol–water partition coefficient (Wildman–Crippen LogP) is 0.702. The molecule has 0 radical (unpaired) electrons. The molecule has 1 heterocycles. The average molecular weight is 179 g/mol. The summed E-state index contributed by atoms with van der Waals surface area (Å²) in [4.78, 5) is 0. The van der Waals surface area contributed by atoms with E-state index >= 15 is 0 Å². The average Bonchev–Trinajstić information content (AvgIpc) is 2.39. The van der Waals surface area contributed by atoms with Crippen molar-refractivity contribution in [3.8, 4) is 5.75 Å². The van der Waals surface area contributed by atoms with E-state index in [4.69, 9.17) is 9.84 Å². The van der Waals surface area contributed by atoms with Gasteiger partial charge in [0, 0.05) is 12.1 Å². The normalized spacial score (nSPS) is 21.5. The van der Waals surface area contributed by atoms with E-state index in [1.807, 2.05) is 24.3 Å². The molecule has 1 atom stereocenters. The molecule has 0 unspecified atom stereocenters. The maximum atomic E-state index is 9.14. The first kappa shape index (κ1) is 8.53. The lowest BCUT2D eigenvalue weighted by Crippen LogP contribution is -2.25. The minimum Gasteiger partial charge on any atom is -0.492 e. The molecule has 13 heavy (non-hydrogen) atoms. The lowest BCUT2D eigenvalue weighted by molar-refractivity contribution is 0.245. The van der Waals surface area contributed by atoms with E-state index in [9.17, 15) is 0 Å². The van der Waals surface area contributed by atoms with E-state index in [0.717, 1.165) is 17.9 Å². The number of para-hydroxylation sites is 1. The summed E-state index contributed by atoms with van der Waals surface area (Å²) in [5, 5.41) is 12.4. The number of rotatable bonds is 1. The van der Waals surface area contributed by atoms with Gasteiger partial charge in [0.05, 0.1) is 12.6 Å². The van der Waals surface area contributed by atoms with Gasteiger partial charge in [-0.15, -0.1) is 0 Å². The minimum atomic E-state index is 0.0127. The van der Waals surface area contributed by atoms with Gasteiger partial charge in [0.15, 0.2) is 0 Å². The Hall–Kier alpha value is -1.06. The van der Waals surface area contributed by atoms with E-state index in [2.05, 4.69) is 5.32 Å². The van der Waals surface area contributed by atoms with E-state index in [0.29, 0.717) is 6.61 Å². The highest BCUT2D eigenvalue weighted by Gasteiger charge is 2.17. The second-order valence-electron chi connectivity index (χ2n) is 3.08. The molecular formula is C10H13NO2. The summed E-state index contributed by atoms with van der Waals surface area (Å²) in [7, 11) is 0. The quantitative estimate of drug-likeness (QED) is 0.667. The van der Waals surface area contributed by atoms with Crippen molar-refractivity contribution in [2.45, 2.75) is 6.04 Å². The minimum absolute atomic E-state index is 0.0127. The number of ether oxygens (including phenoxy) is 1. The molecule has 0 aromatic heterocycles. The molecule has 2 N–H and O–H groups in total. The third-order valence-corrected chi connectivity index (χ3v) is 2.23. The number of hydrogen-bond donors (Lipinski definition) is 2. The molecule has 3 nitrogen and oxygen atoms in total. The molecule has 0 fully saturated rings. The van der Waals surface area contributed by atoms with Gasteiger partial charge in [-0.05, 0) is 6.07 Å². The summed E-state index contributed by atoms with van der Waals surface area (Å²) in [6, 6.07) is 7.83. The Morgan fingerprint density at radius 3 is 3.15 bits per heavy atom. The highest BCUT2D eigenvalue weighted by Crippen LogP contribution is 2.26. The highest BCUT2D eigenvalue weighted by molar-refractivity contribution is 5.36. The molecule has 3 heteroatoms. The molecule has 0 aliphatic carbocycles. The van der Waals surface area contributed by atoms with Crippen LogP contribution in [-0.2, 0) is 0 Å². The van der Waals surface area contributed by atoms with Crippen molar-refractivity contribution < 1.29 is 9.84 Å². The molecule has 1 aromatic rings. The Kier molecular flexibility index (Phi) is 2.47. The van der Waals surface area contributed by atoms with E-state index in [-0.39, 0.29) is 12.6 Å². The Labute approximate surface area is 77.3 Å². The molecule has 0 saturated heterocycles. The Morgan fingerprint density at radius 2 is 2.31 bits per heavy atom. The molecule has 0 spiro atoms. The fraction of sp³-hybridized carbons (Fsp3) is 0.400. The van der Waals surface area contributed by atoms with Crippen LogP contribution >= 0.6 is 0 Å². The van der Waals surface area contributed by atoms with Gasteiger partial charge < -0.3 is 15.2 Å². The van der Waals surface area contributed by atoms with Gasteiger partial charge in [-0.2, -0.15) is 0 Å². The first-order valence-corrected chi connectivity index (χ1v) is 4.48. The molecular weight excluding hydrogens is 166 g/mol. The van der Waals surface area contributed by atoms with Crippen LogP contribution < -0.4 is 10.1 Å². The van der Waals surface area contributed by atoms with Crippen LogP contribution in [0.15, 0.2) is 24.3 Å². The van der Waals surface area contributed by atoms with E-state index < -0.39 is 0 Å². The molecule has 0 amide bonds. The maximum absolute atomic E-state index is 9.14. The summed E-state index contributed by atoms with van der Waals surface area (Å²) in [5.41, 5.74) is 1.04. The van der Waals surface area contributed by atoms with Crippen molar-refractivity contribution in [3.05, 3.63) is 29.8 Å². The van der Waals surface area contributed by atoms with Gasteiger partial charge in [0.25, 0.3) is 0 Å². The van der Waals surface area contributed by atoms with Crippen LogP contribution in [0.4, 0.5) is 0 Å². The predicted molar refractivity (Wildman–Crippen MR) is 49.8 cm³/mol. The topological polar surface area (TPSA) is 41.5 Å². The zero-order chi connectivity index (χ0) is 9.10. The van der Waals surface area contributed by atoms with E-state index in [1.54, 1.807) is 0 Å². The zero-order valence-electron chi connectivity index (χ0n) is 7.36. The lowest BCUT2D eigenvalue weighted by Gasteiger charge is -2.13. The Bertz CT molecular complexity index is 288. The molecule has 0 bridgehead atoms. The fourth-order valence-electron chi connectivity index (χ4n) is 1.57. The first-order chi connectivity index (χ1) is 6.42. The second-order valence-corrected chi connectivity index (χ2v) is 3.08. The number of aliphatic hydroxyl groups is 1. The molecule has 1 aliphatic rings. The van der Waals surface area contributed by atoms with Crippen molar-refractivity contribution in [1.82, 2.24) is 5.32 Å². The van der Waals surface area contributed by atoms with Crippen LogP contribution in [0.3, 0.4) is 0 Å². The first-order valence-electron chi connectivity index (χ1n) is 4.48. The SMILES string of the molecule is OC[C@@H]1NCCOc2ccccc21. The summed E-state index contributed by atoms with van der Waals surface area (Å²) < 4.78 is 5.51. The van der Waals surface area contributed by atoms with Crippen LogP contribution in [0.1, 0.15) is 11.6 Å². The van der Waals surface area contributed by atoms with Crippen molar-refractivity contribution in [2.24, 2.45) is 0 Å². The van der Waals surface area contributed by atoms with Gasteiger partial charge in [0.2, 0.25) is 0 Å². The monoisotopic (exact) mass is 179 g/mol. The lowest BCUT2D eigenvalue weighted by atomic mass is 10.1. The van der Waals surface area contributed by atoms with Gasteiger partial charge in [-0.25, -0.2) is 0 Å². The fourth-order valence-corrected chi connectivity index (χ4v) is 1.57. The van der Waals surface area contributed by atoms with Crippen molar-refractivity contribution in [2.75, 3.05) is 19.8 Å². The van der Waals surface area contributed by atoms with Crippen LogP contribution in [0, 0.1) is 0 Å². The summed E-state index contributed by atoms with van der Waals surface area (Å²) >= 11 is 0. The van der Waals surface area contributed by atoms with Gasteiger partial charge in [0.1, 0.15) is 12.4 Å². The van der Waals surface area contributed by atoms with Crippen molar-refractivity contribution in [3.63, 3.8) is 0 Å². The van der Waals surface area contributed by atoms with Crippen molar-refractivity contribution in [1.29, 1.82) is 0 Å². The molecule has 1 aromatic carbocycles. The molecule has 70 valence electrons. The third-order valence-electron chi connectivity index (χ3n) is 2.23. The zero-order valence-corrected chi connectivity index (χ0v) is 7.36. The Balaban J connectivity index is 2.35. The molecule has 0 saturated carbocycles. The number of fused-ring (bicyclic) bond motifs is 1. The number of hydrogen-bond acceptors (Lipinski definition) is 3. The molecule has 1 aliphatic heterocycles. The van der Waals surface area contributed by atoms with Crippen LogP contribution in [0.2, 0.25) is 0 Å². The van der Waals surface area contributed by atoms with Gasteiger partial charge >= 0.3 is 0 Å². The van der Waals surface area contributed by atoms with Crippen molar-refractivity contribution >= 4 is 0 Å². The largest absolute Gasteiger partial charge is 0.492 e. The summed E-state index contributed by atoms with van der Waals surface area (Å²) in [6.45, 7) is 1.55. The third kappa shape index (κ3) is 1.66. The van der Waals surface area contributed by atoms with Crippen LogP contribution in [-0.4, -0.2) is 24.9 Å². The van der Waals surface area contributed by atoms with Gasteiger partial charge in [-0.3, -0.25) is 0 Å². The van der Waals surface area contributed by atoms with Crippen LogP contribution in [0.5, 0.6) is 5.75 Å². The van der Waals surface area contributed by atoms with Crippen LogP contribution in [0.25, 0.3) is 0 Å². The standard InChI is InChI=1S/C10H13NO2/c12-7-9-8-3-1-2-4-10(8)13-6-5-11-9/h1-4,9,11-12H,5-7H2/t9-/m0/s1. The smallest absolute Gasteiger partial charge is 0.124 e. The van der Waals surface area contributed by atoms with Gasteiger partial charge in [-0.1, -0.05) is 18.2 Å². The highest BCUT2D eigenvalue weighted by atomic mass is 16.5. The summed E-state index contributed by atoms with van der Waals surface area (Å²) in [5.74, 6) is 0.881. The second kappa shape index (κ2) is 3.77. The molecule has 2 rings (SSSR count). The summed E-state index contributed by atoms with van der Waals surface area (Å²) in [6.07, 6.45) is 0. The number of benzene rings is 1. The van der Waals surface area contributed by atoms with E-state index in [1.165, 1.54) is 0 Å².